The maximum Gasteiger partial charge on any atom is 0.433 e. The third-order valence-corrected chi connectivity index (χ3v) is 5.46. The number of nitrogens with zero attached hydrogens (tertiary/aromatic N) is 4. The molecular weight excluding hydrogens is 337 g/mol. The van der Waals surface area contributed by atoms with E-state index in [0.717, 1.165) is 12.5 Å². The first-order chi connectivity index (χ1) is 11.9. The minimum atomic E-state index is -4.49. The van der Waals surface area contributed by atoms with E-state index in [-0.39, 0.29) is 17.8 Å². The zero-order valence-corrected chi connectivity index (χ0v) is 13.8. The SMILES string of the molecule is COC(=O)CC1[C@H]2CN(c3cc(C(F)(F)F)nc(N4CCC4)n3)C[C@@H]12. The van der Waals surface area contributed by atoms with Crippen LogP contribution < -0.4 is 9.80 Å². The van der Waals surface area contributed by atoms with E-state index in [2.05, 4.69) is 14.7 Å². The van der Waals surface area contributed by atoms with Gasteiger partial charge >= 0.3 is 12.1 Å². The molecule has 25 heavy (non-hydrogen) atoms. The average molecular weight is 356 g/mol. The van der Waals surface area contributed by atoms with Crippen molar-refractivity contribution < 1.29 is 22.7 Å². The van der Waals surface area contributed by atoms with Crippen LogP contribution in [0.15, 0.2) is 6.07 Å². The molecule has 1 unspecified atom stereocenters. The second-order valence-corrected chi connectivity index (χ2v) is 6.93. The van der Waals surface area contributed by atoms with Crippen LogP contribution in [0.1, 0.15) is 18.5 Å². The summed E-state index contributed by atoms with van der Waals surface area (Å²) in [6.07, 6.45) is -3.17. The molecule has 0 amide bonds. The number of hydrogen-bond donors (Lipinski definition) is 0. The molecule has 4 rings (SSSR count). The van der Waals surface area contributed by atoms with Crippen LogP contribution in [-0.2, 0) is 15.7 Å². The summed E-state index contributed by atoms with van der Waals surface area (Å²) in [5.74, 6) is 1.19. The highest BCUT2D eigenvalue weighted by Gasteiger charge is 2.56. The number of carbonyl (C=O) groups excluding carboxylic acids is 1. The van der Waals surface area contributed by atoms with Crippen molar-refractivity contribution in [3.63, 3.8) is 0 Å². The molecule has 0 radical (unpaired) electrons. The van der Waals surface area contributed by atoms with Crippen molar-refractivity contribution in [2.75, 3.05) is 43.1 Å². The number of esters is 1. The molecule has 0 spiro atoms. The maximum absolute atomic E-state index is 13.2. The highest BCUT2D eigenvalue weighted by molar-refractivity contribution is 5.70. The average Bonchev–Trinajstić information content (AvgIpc) is 2.94. The molecule has 0 aromatic carbocycles. The van der Waals surface area contributed by atoms with Crippen molar-refractivity contribution in [1.29, 1.82) is 0 Å². The molecule has 1 saturated carbocycles. The Morgan fingerprint density at radius 1 is 1.24 bits per heavy atom. The monoisotopic (exact) mass is 356 g/mol. The van der Waals surface area contributed by atoms with Gasteiger partial charge in [-0.2, -0.15) is 18.2 Å². The minimum absolute atomic E-state index is 0.155. The number of alkyl halides is 3. The van der Waals surface area contributed by atoms with Crippen molar-refractivity contribution in [3.8, 4) is 0 Å². The van der Waals surface area contributed by atoms with E-state index >= 15 is 0 Å². The largest absolute Gasteiger partial charge is 0.469 e. The third-order valence-electron chi connectivity index (χ3n) is 5.46. The van der Waals surface area contributed by atoms with Crippen LogP contribution in [0.3, 0.4) is 0 Å². The van der Waals surface area contributed by atoms with E-state index in [1.165, 1.54) is 7.11 Å². The predicted molar refractivity (Wildman–Crippen MR) is 83.2 cm³/mol. The number of piperidine rings is 1. The fraction of sp³-hybridized carbons (Fsp3) is 0.688. The summed E-state index contributed by atoms with van der Waals surface area (Å²) < 4.78 is 44.2. The molecule has 1 aromatic rings. The van der Waals surface area contributed by atoms with E-state index in [1.54, 1.807) is 4.90 Å². The van der Waals surface area contributed by atoms with Crippen LogP contribution in [-0.4, -0.2) is 49.2 Å². The standard InChI is InChI=1S/C16H19F3N4O2/c1-25-14(24)5-9-10-7-23(8-11(9)10)13-6-12(16(17,18)19)20-15(21-13)22-3-2-4-22/h6,9-11H,2-5,7-8H2,1H3/t9?,10-,11+. The van der Waals surface area contributed by atoms with Crippen LogP contribution in [0.4, 0.5) is 24.9 Å². The Labute approximate surface area is 143 Å². The van der Waals surface area contributed by atoms with Gasteiger partial charge in [0, 0.05) is 38.7 Å². The van der Waals surface area contributed by atoms with Crippen LogP contribution >= 0.6 is 0 Å². The summed E-state index contributed by atoms with van der Waals surface area (Å²) >= 11 is 0. The number of ether oxygens (including phenoxy) is 1. The lowest BCUT2D eigenvalue weighted by Crippen LogP contribution is -2.39. The second-order valence-electron chi connectivity index (χ2n) is 6.93. The number of methoxy groups -OCH3 is 1. The van der Waals surface area contributed by atoms with E-state index in [9.17, 15) is 18.0 Å². The zero-order valence-electron chi connectivity index (χ0n) is 13.8. The van der Waals surface area contributed by atoms with Crippen molar-refractivity contribution in [1.82, 2.24) is 9.97 Å². The summed E-state index contributed by atoms with van der Waals surface area (Å²) in [5, 5.41) is 0. The molecule has 1 aromatic heterocycles. The summed E-state index contributed by atoms with van der Waals surface area (Å²) in [6.45, 7) is 2.63. The summed E-state index contributed by atoms with van der Waals surface area (Å²) in [7, 11) is 1.36. The number of fused-ring (bicyclic) bond motifs is 1. The quantitative estimate of drug-likeness (QED) is 0.769. The fourth-order valence-electron chi connectivity index (χ4n) is 3.80. The Bertz CT molecular complexity index is 680. The first-order valence-corrected chi connectivity index (χ1v) is 8.40. The summed E-state index contributed by atoms with van der Waals surface area (Å²) in [5.41, 5.74) is -0.897. The number of carbonyl (C=O) groups is 1. The van der Waals surface area contributed by atoms with Gasteiger partial charge in [0.15, 0.2) is 5.69 Å². The van der Waals surface area contributed by atoms with Gasteiger partial charge in [0.25, 0.3) is 0 Å². The molecule has 3 aliphatic rings. The smallest absolute Gasteiger partial charge is 0.433 e. The Kier molecular flexibility index (Phi) is 3.77. The predicted octanol–water partition coefficient (Wildman–Crippen LogP) is 1.95. The van der Waals surface area contributed by atoms with E-state index in [4.69, 9.17) is 0 Å². The lowest BCUT2D eigenvalue weighted by molar-refractivity contribution is -0.142. The Hall–Kier alpha value is -2.06. The van der Waals surface area contributed by atoms with E-state index in [0.29, 0.717) is 50.3 Å². The number of rotatable bonds is 4. The van der Waals surface area contributed by atoms with Gasteiger partial charge < -0.3 is 14.5 Å². The Balaban J connectivity index is 1.51. The van der Waals surface area contributed by atoms with Crippen LogP contribution in [0.2, 0.25) is 0 Å². The number of aromatic nitrogens is 2. The van der Waals surface area contributed by atoms with Gasteiger partial charge in [0.2, 0.25) is 5.95 Å². The third kappa shape index (κ3) is 3.00. The molecule has 3 heterocycles. The van der Waals surface area contributed by atoms with Crippen molar-refractivity contribution in [2.24, 2.45) is 17.8 Å². The van der Waals surface area contributed by atoms with Gasteiger partial charge in [0.1, 0.15) is 5.82 Å². The van der Waals surface area contributed by atoms with Crippen LogP contribution in [0.5, 0.6) is 0 Å². The van der Waals surface area contributed by atoms with Gasteiger partial charge in [-0.1, -0.05) is 0 Å². The van der Waals surface area contributed by atoms with Crippen LogP contribution in [0, 0.1) is 17.8 Å². The molecule has 9 heteroatoms. The first-order valence-electron chi connectivity index (χ1n) is 8.40. The Morgan fingerprint density at radius 2 is 1.92 bits per heavy atom. The molecule has 0 N–H and O–H groups in total. The normalized spacial score (nSPS) is 27.8. The highest BCUT2D eigenvalue weighted by atomic mass is 19.4. The zero-order chi connectivity index (χ0) is 17.8. The van der Waals surface area contributed by atoms with Gasteiger partial charge in [-0.25, -0.2) is 4.98 Å². The summed E-state index contributed by atoms with van der Waals surface area (Å²) in [4.78, 5) is 23.1. The lowest BCUT2D eigenvalue weighted by atomic mass is 10.2. The molecule has 3 fully saturated rings. The van der Waals surface area contributed by atoms with Crippen molar-refractivity contribution in [3.05, 3.63) is 11.8 Å². The number of hydrogen-bond acceptors (Lipinski definition) is 6. The fourth-order valence-corrected chi connectivity index (χ4v) is 3.80. The molecule has 2 saturated heterocycles. The number of anilines is 2. The topological polar surface area (TPSA) is 58.6 Å². The maximum atomic E-state index is 13.2. The van der Waals surface area contributed by atoms with Gasteiger partial charge in [0.05, 0.1) is 7.11 Å². The van der Waals surface area contributed by atoms with Gasteiger partial charge in [-0.05, 0) is 24.2 Å². The molecule has 1 aliphatic carbocycles. The molecular formula is C16H19F3N4O2. The van der Waals surface area contributed by atoms with Gasteiger partial charge in [-0.15, -0.1) is 0 Å². The van der Waals surface area contributed by atoms with Crippen molar-refractivity contribution in [2.45, 2.75) is 19.0 Å². The van der Waals surface area contributed by atoms with Gasteiger partial charge in [-0.3, -0.25) is 4.79 Å². The van der Waals surface area contributed by atoms with Crippen LogP contribution in [0.25, 0.3) is 0 Å². The van der Waals surface area contributed by atoms with E-state index in [1.807, 2.05) is 4.90 Å². The van der Waals surface area contributed by atoms with E-state index < -0.39 is 11.9 Å². The minimum Gasteiger partial charge on any atom is -0.469 e. The highest BCUT2D eigenvalue weighted by Crippen LogP contribution is 2.54. The molecule has 0 bridgehead atoms. The second kappa shape index (κ2) is 5.74. The molecule has 3 atom stereocenters. The Morgan fingerprint density at radius 3 is 2.44 bits per heavy atom. The molecule has 136 valence electrons. The first kappa shape index (κ1) is 16.4. The van der Waals surface area contributed by atoms with Crippen molar-refractivity contribution >= 4 is 17.7 Å². The molecule has 6 nitrogen and oxygen atoms in total. The molecule has 2 aliphatic heterocycles. The summed E-state index contributed by atoms with van der Waals surface area (Å²) in [6, 6.07) is 1.03. The lowest BCUT2D eigenvalue weighted by Gasteiger charge is -2.32. The number of halogens is 3.